The van der Waals surface area contributed by atoms with E-state index < -0.39 is 0 Å². The molecule has 0 aliphatic carbocycles. The van der Waals surface area contributed by atoms with E-state index in [2.05, 4.69) is 39.5 Å². The van der Waals surface area contributed by atoms with Gasteiger partial charge in [0.2, 0.25) is 5.91 Å². The highest BCUT2D eigenvalue weighted by Gasteiger charge is 2.27. The summed E-state index contributed by atoms with van der Waals surface area (Å²) in [5, 5.41) is 5.38. The van der Waals surface area contributed by atoms with Gasteiger partial charge in [0.05, 0.1) is 22.7 Å². The van der Waals surface area contributed by atoms with Gasteiger partial charge in [-0.25, -0.2) is 4.98 Å². The number of thiazole rings is 1. The first kappa shape index (κ1) is 20.8. The molecule has 1 aliphatic heterocycles. The Balaban J connectivity index is 1.20. The minimum absolute atomic E-state index is 0.00211. The van der Waals surface area contributed by atoms with Crippen molar-refractivity contribution in [3.63, 3.8) is 0 Å². The molecule has 0 saturated carbocycles. The van der Waals surface area contributed by atoms with Gasteiger partial charge >= 0.3 is 0 Å². The van der Waals surface area contributed by atoms with Crippen molar-refractivity contribution in [2.75, 3.05) is 31.1 Å². The Morgan fingerprint density at radius 2 is 2.22 bits per heavy atom. The van der Waals surface area contributed by atoms with Crippen molar-refractivity contribution in [2.45, 2.75) is 26.2 Å². The second-order valence-corrected chi connectivity index (χ2v) is 9.25. The smallest absolute Gasteiger partial charge is 0.224 e. The molecule has 6 nitrogen and oxygen atoms in total. The van der Waals surface area contributed by atoms with Crippen molar-refractivity contribution in [3.05, 3.63) is 54.2 Å². The predicted molar refractivity (Wildman–Crippen MR) is 131 cm³/mol. The summed E-state index contributed by atoms with van der Waals surface area (Å²) >= 11 is 1.67. The van der Waals surface area contributed by atoms with E-state index in [0.717, 1.165) is 59.0 Å². The van der Waals surface area contributed by atoms with E-state index in [4.69, 9.17) is 9.72 Å². The van der Waals surface area contributed by atoms with Gasteiger partial charge in [-0.1, -0.05) is 29.5 Å². The number of amides is 1. The summed E-state index contributed by atoms with van der Waals surface area (Å²) in [6, 6.07) is 14.3. The van der Waals surface area contributed by atoms with Gasteiger partial charge in [0, 0.05) is 36.7 Å². The Morgan fingerprint density at radius 1 is 1.31 bits per heavy atom. The van der Waals surface area contributed by atoms with Crippen molar-refractivity contribution in [2.24, 2.45) is 5.92 Å². The minimum atomic E-state index is -0.00211. The monoisotopic (exact) mass is 448 g/mol. The van der Waals surface area contributed by atoms with Gasteiger partial charge in [0.15, 0.2) is 5.13 Å². The lowest BCUT2D eigenvalue weighted by molar-refractivity contribution is -0.125. The summed E-state index contributed by atoms with van der Waals surface area (Å²) in [4.78, 5) is 23.3. The van der Waals surface area contributed by atoms with Crippen LogP contribution in [-0.2, 0) is 11.2 Å². The van der Waals surface area contributed by atoms with Crippen LogP contribution in [0.4, 0.5) is 5.13 Å². The number of fused-ring (bicyclic) bond motifs is 2. The molecule has 2 aromatic heterocycles. The van der Waals surface area contributed by atoms with Crippen molar-refractivity contribution in [1.29, 1.82) is 0 Å². The Bertz CT molecular complexity index is 1230. The number of ether oxygens (including phenoxy) is 1. The van der Waals surface area contributed by atoms with Crippen LogP contribution in [0.1, 0.15) is 25.3 Å². The summed E-state index contributed by atoms with van der Waals surface area (Å²) in [5.74, 6) is 1.02. The number of aromatic amines is 1. The van der Waals surface area contributed by atoms with E-state index in [9.17, 15) is 4.79 Å². The summed E-state index contributed by atoms with van der Waals surface area (Å²) in [6.45, 7) is 4.95. The second-order valence-electron chi connectivity index (χ2n) is 8.24. The molecular weight excluding hydrogens is 420 g/mol. The van der Waals surface area contributed by atoms with Crippen molar-refractivity contribution in [3.8, 4) is 5.75 Å². The zero-order chi connectivity index (χ0) is 21.9. The number of nitrogens with zero attached hydrogens (tertiary/aromatic N) is 2. The van der Waals surface area contributed by atoms with Crippen LogP contribution in [0.3, 0.4) is 0 Å². The molecule has 1 saturated heterocycles. The zero-order valence-electron chi connectivity index (χ0n) is 18.3. The highest BCUT2D eigenvalue weighted by molar-refractivity contribution is 7.22. The zero-order valence-corrected chi connectivity index (χ0v) is 19.1. The van der Waals surface area contributed by atoms with E-state index >= 15 is 0 Å². The Labute approximate surface area is 191 Å². The number of aromatic nitrogens is 2. The van der Waals surface area contributed by atoms with Gasteiger partial charge in [-0.05, 0) is 56.0 Å². The van der Waals surface area contributed by atoms with Crippen LogP contribution in [-0.4, -0.2) is 42.1 Å². The molecule has 4 aromatic rings. The summed E-state index contributed by atoms with van der Waals surface area (Å²) < 4.78 is 6.74. The highest BCUT2D eigenvalue weighted by atomic mass is 32.1. The van der Waals surface area contributed by atoms with Gasteiger partial charge in [-0.3, -0.25) is 4.79 Å². The van der Waals surface area contributed by atoms with Crippen LogP contribution in [0.15, 0.2) is 48.7 Å². The maximum atomic E-state index is 12.9. The summed E-state index contributed by atoms with van der Waals surface area (Å²) in [7, 11) is 0. The van der Waals surface area contributed by atoms with Crippen LogP contribution in [0.25, 0.3) is 21.1 Å². The van der Waals surface area contributed by atoms with Gasteiger partial charge in [0.25, 0.3) is 0 Å². The van der Waals surface area contributed by atoms with E-state index in [1.165, 1.54) is 10.9 Å². The van der Waals surface area contributed by atoms with Crippen molar-refractivity contribution < 1.29 is 9.53 Å². The highest BCUT2D eigenvalue weighted by Crippen LogP contribution is 2.33. The molecule has 3 heterocycles. The standard InChI is InChI=1S/C25H28N4O2S/c1-2-31-19-9-10-22-23(14-19)32-25(28-22)29-13-5-6-18(16-29)24(30)26-12-11-17-15-27-21-8-4-3-7-20(17)21/h3-4,7-10,14-15,18,27H,2,5-6,11-13,16H2,1H3,(H,26,30). The van der Waals surface area contributed by atoms with Crippen LogP contribution in [0.5, 0.6) is 5.75 Å². The molecule has 0 spiro atoms. The van der Waals surface area contributed by atoms with E-state index in [-0.39, 0.29) is 11.8 Å². The number of anilines is 1. The number of carbonyl (C=O) groups is 1. The molecule has 1 amide bonds. The first-order chi connectivity index (χ1) is 15.7. The Kier molecular flexibility index (Phi) is 5.99. The molecule has 166 valence electrons. The number of benzene rings is 2. The number of nitrogens with one attached hydrogen (secondary N) is 2. The molecule has 1 unspecified atom stereocenters. The van der Waals surface area contributed by atoms with E-state index in [1.54, 1.807) is 11.3 Å². The molecular formula is C25H28N4O2S. The predicted octanol–water partition coefficient (Wildman–Crippen LogP) is 4.75. The Morgan fingerprint density at radius 3 is 3.12 bits per heavy atom. The molecule has 1 aliphatic rings. The average molecular weight is 449 g/mol. The number of carbonyl (C=O) groups excluding carboxylic acids is 1. The maximum absolute atomic E-state index is 12.9. The van der Waals surface area contributed by atoms with Crippen LogP contribution < -0.4 is 15.0 Å². The Hall–Kier alpha value is -3.06. The number of para-hydroxylation sites is 1. The number of H-pyrrole nitrogens is 1. The fourth-order valence-electron chi connectivity index (χ4n) is 4.45. The fourth-order valence-corrected chi connectivity index (χ4v) is 5.48. The number of piperidine rings is 1. The third kappa shape index (κ3) is 4.30. The normalized spacial score (nSPS) is 16.5. The quantitative estimate of drug-likeness (QED) is 0.428. The van der Waals surface area contributed by atoms with Gasteiger partial charge < -0.3 is 19.9 Å². The summed E-state index contributed by atoms with van der Waals surface area (Å²) in [6.07, 6.45) is 4.80. The molecule has 0 bridgehead atoms. The molecule has 2 N–H and O–H groups in total. The summed E-state index contributed by atoms with van der Waals surface area (Å²) in [5.41, 5.74) is 3.37. The maximum Gasteiger partial charge on any atom is 0.224 e. The number of hydrogen-bond acceptors (Lipinski definition) is 5. The molecule has 0 radical (unpaired) electrons. The third-order valence-electron chi connectivity index (χ3n) is 6.09. The minimum Gasteiger partial charge on any atom is -0.494 e. The van der Waals surface area contributed by atoms with Gasteiger partial charge in [0.1, 0.15) is 5.75 Å². The SMILES string of the molecule is CCOc1ccc2nc(N3CCCC(C(=O)NCCc4c[nH]c5ccccc45)C3)sc2c1. The lowest BCUT2D eigenvalue weighted by Crippen LogP contribution is -2.43. The lowest BCUT2D eigenvalue weighted by Gasteiger charge is -2.31. The van der Waals surface area contributed by atoms with Crippen LogP contribution >= 0.6 is 11.3 Å². The van der Waals surface area contributed by atoms with E-state index in [0.29, 0.717) is 13.2 Å². The molecule has 2 aromatic carbocycles. The van der Waals surface area contributed by atoms with Crippen LogP contribution in [0, 0.1) is 5.92 Å². The fraction of sp³-hybridized carbons (Fsp3) is 0.360. The largest absolute Gasteiger partial charge is 0.494 e. The topological polar surface area (TPSA) is 70.2 Å². The molecule has 7 heteroatoms. The average Bonchev–Trinajstić information content (AvgIpc) is 3.43. The third-order valence-corrected chi connectivity index (χ3v) is 7.17. The second kappa shape index (κ2) is 9.20. The van der Waals surface area contributed by atoms with E-state index in [1.807, 2.05) is 31.3 Å². The van der Waals surface area contributed by atoms with Crippen LogP contribution in [0.2, 0.25) is 0 Å². The molecule has 1 atom stereocenters. The number of hydrogen-bond donors (Lipinski definition) is 2. The molecule has 5 rings (SSSR count). The van der Waals surface area contributed by atoms with Crippen molar-refractivity contribution >= 4 is 43.5 Å². The first-order valence-corrected chi connectivity index (χ1v) is 12.1. The molecule has 1 fully saturated rings. The molecule has 32 heavy (non-hydrogen) atoms. The first-order valence-electron chi connectivity index (χ1n) is 11.3. The lowest BCUT2D eigenvalue weighted by atomic mass is 9.97. The van der Waals surface area contributed by atoms with Gasteiger partial charge in [-0.15, -0.1) is 0 Å². The van der Waals surface area contributed by atoms with Gasteiger partial charge in [-0.2, -0.15) is 0 Å². The number of rotatable bonds is 7. The van der Waals surface area contributed by atoms with Crippen molar-refractivity contribution in [1.82, 2.24) is 15.3 Å².